The molecule has 0 fully saturated rings. The predicted octanol–water partition coefficient (Wildman–Crippen LogP) is 0.605. The molecule has 0 saturated heterocycles. The lowest BCUT2D eigenvalue weighted by molar-refractivity contribution is -0.490. The highest BCUT2D eigenvalue weighted by atomic mass is 16.6. The average Bonchev–Trinajstić information content (AvgIpc) is 1.84. The highest BCUT2D eigenvalue weighted by molar-refractivity contribution is 5.66. The lowest BCUT2D eigenvalue weighted by atomic mass is 10.3. The third-order valence-corrected chi connectivity index (χ3v) is 1.14. The second kappa shape index (κ2) is 4.65. The highest BCUT2D eigenvalue weighted by Gasteiger charge is 2.15. The van der Waals surface area contributed by atoms with E-state index in [4.69, 9.17) is 0 Å². The smallest absolute Gasteiger partial charge is 0.303 e. The number of carbonyl (C=O) groups excluding carboxylic acids is 1. The van der Waals surface area contributed by atoms with Crippen LogP contribution in [0.4, 0.5) is 0 Å². The van der Waals surface area contributed by atoms with E-state index in [1.165, 1.54) is 6.92 Å². The van der Waals surface area contributed by atoms with Gasteiger partial charge in [-0.15, -0.1) is 0 Å². The molecule has 0 rings (SSSR count). The topological polar surface area (TPSA) is 69.4 Å². The van der Waals surface area contributed by atoms with Gasteiger partial charge in [0.15, 0.2) is 6.10 Å². The third kappa shape index (κ3) is 5.32. The van der Waals surface area contributed by atoms with Gasteiger partial charge in [-0.05, 0) is 6.42 Å². The first-order valence-corrected chi connectivity index (χ1v) is 3.35. The molecule has 0 aromatic heterocycles. The van der Waals surface area contributed by atoms with Crippen molar-refractivity contribution in [1.82, 2.24) is 0 Å². The highest BCUT2D eigenvalue weighted by Crippen LogP contribution is 1.98. The number of nitro groups is 1. The van der Waals surface area contributed by atoms with Gasteiger partial charge in [0.1, 0.15) is 0 Å². The first-order valence-electron chi connectivity index (χ1n) is 3.35. The number of esters is 1. The first kappa shape index (κ1) is 9.87. The van der Waals surface area contributed by atoms with E-state index in [0.29, 0.717) is 6.42 Å². The Morgan fingerprint density at radius 1 is 1.73 bits per heavy atom. The minimum atomic E-state index is -0.581. The van der Waals surface area contributed by atoms with Crippen molar-refractivity contribution in [2.45, 2.75) is 26.4 Å². The lowest BCUT2D eigenvalue weighted by Crippen LogP contribution is -2.24. The number of hydrogen-bond donors (Lipinski definition) is 0. The van der Waals surface area contributed by atoms with E-state index in [2.05, 4.69) is 4.74 Å². The van der Waals surface area contributed by atoms with Gasteiger partial charge in [0.05, 0.1) is 0 Å². The summed E-state index contributed by atoms with van der Waals surface area (Å²) in [5, 5.41) is 9.96. The molecule has 1 atom stereocenters. The summed E-state index contributed by atoms with van der Waals surface area (Å²) < 4.78 is 4.63. The maximum atomic E-state index is 10.3. The quantitative estimate of drug-likeness (QED) is 0.344. The van der Waals surface area contributed by atoms with Gasteiger partial charge in [0.2, 0.25) is 6.54 Å². The van der Waals surface area contributed by atoms with E-state index in [-0.39, 0.29) is 6.54 Å². The maximum Gasteiger partial charge on any atom is 0.303 e. The van der Waals surface area contributed by atoms with Crippen molar-refractivity contribution in [3.63, 3.8) is 0 Å². The molecular formula is C6H11NO4. The van der Waals surface area contributed by atoms with E-state index in [0.717, 1.165) is 0 Å². The number of hydrogen-bond acceptors (Lipinski definition) is 4. The molecule has 0 aliphatic heterocycles. The summed E-state index contributed by atoms with van der Waals surface area (Å²) in [6.45, 7) is 2.66. The standard InChI is InChI=1S/C6H11NO4/c1-3-6(4-7(9)10)11-5(2)8/h6H,3-4H2,1-2H3. The molecule has 0 spiro atoms. The van der Waals surface area contributed by atoms with E-state index >= 15 is 0 Å². The van der Waals surface area contributed by atoms with Gasteiger partial charge in [-0.3, -0.25) is 14.9 Å². The summed E-state index contributed by atoms with van der Waals surface area (Å²) in [7, 11) is 0. The molecule has 0 aromatic carbocycles. The van der Waals surface area contributed by atoms with Gasteiger partial charge in [-0.2, -0.15) is 0 Å². The summed E-state index contributed by atoms with van der Waals surface area (Å²) in [4.78, 5) is 19.8. The van der Waals surface area contributed by atoms with Gasteiger partial charge >= 0.3 is 5.97 Å². The maximum absolute atomic E-state index is 10.3. The summed E-state index contributed by atoms with van der Waals surface area (Å²) in [5.74, 6) is -0.473. The molecule has 0 heterocycles. The number of nitrogens with zero attached hydrogens (tertiary/aromatic N) is 1. The van der Waals surface area contributed by atoms with Gasteiger partial charge in [-0.1, -0.05) is 6.92 Å². The van der Waals surface area contributed by atoms with E-state index in [1.54, 1.807) is 6.92 Å². The second-order valence-electron chi connectivity index (χ2n) is 2.15. The SMILES string of the molecule is CCC(C[N+](=O)[O-])OC(C)=O. The van der Waals surface area contributed by atoms with Crippen molar-refractivity contribution in [3.8, 4) is 0 Å². The molecule has 5 heteroatoms. The molecule has 11 heavy (non-hydrogen) atoms. The predicted molar refractivity (Wildman–Crippen MR) is 37.7 cm³/mol. The first-order chi connectivity index (χ1) is 5.06. The molecule has 1 unspecified atom stereocenters. The van der Waals surface area contributed by atoms with Crippen LogP contribution in [0.3, 0.4) is 0 Å². The summed E-state index contributed by atoms with van der Waals surface area (Å²) in [5.41, 5.74) is 0. The van der Waals surface area contributed by atoms with E-state index < -0.39 is 17.0 Å². The van der Waals surface area contributed by atoms with Crippen molar-refractivity contribution < 1.29 is 14.5 Å². The van der Waals surface area contributed by atoms with Gasteiger partial charge < -0.3 is 4.74 Å². The van der Waals surface area contributed by atoms with Crippen LogP contribution in [-0.4, -0.2) is 23.5 Å². The zero-order chi connectivity index (χ0) is 8.85. The molecule has 0 aromatic rings. The van der Waals surface area contributed by atoms with Crippen LogP contribution in [0.15, 0.2) is 0 Å². The molecule has 0 N–H and O–H groups in total. The van der Waals surface area contributed by atoms with Crippen molar-refractivity contribution in [2.75, 3.05) is 6.54 Å². The summed E-state index contributed by atoms with van der Waals surface area (Å²) in [6.07, 6.45) is -0.108. The van der Waals surface area contributed by atoms with Gasteiger partial charge in [0.25, 0.3) is 0 Å². The second-order valence-corrected chi connectivity index (χ2v) is 2.15. The molecule has 0 bridgehead atoms. The van der Waals surface area contributed by atoms with Crippen LogP contribution in [-0.2, 0) is 9.53 Å². The van der Waals surface area contributed by atoms with E-state index in [9.17, 15) is 14.9 Å². The number of carbonyl (C=O) groups is 1. The van der Waals surface area contributed by atoms with Crippen molar-refractivity contribution in [2.24, 2.45) is 0 Å². The van der Waals surface area contributed by atoms with Crippen molar-refractivity contribution in [1.29, 1.82) is 0 Å². The van der Waals surface area contributed by atoms with Crippen molar-refractivity contribution in [3.05, 3.63) is 10.1 Å². The van der Waals surface area contributed by atoms with Gasteiger partial charge in [0, 0.05) is 11.8 Å². The Balaban J connectivity index is 3.76. The van der Waals surface area contributed by atoms with Crippen LogP contribution in [0.2, 0.25) is 0 Å². The van der Waals surface area contributed by atoms with Crippen LogP contribution in [0, 0.1) is 10.1 Å². The van der Waals surface area contributed by atoms with Crippen LogP contribution < -0.4 is 0 Å². The van der Waals surface area contributed by atoms with Crippen LogP contribution in [0.5, 0.6) is 0 Å². The molecule has 0 aliphatic rings. The van der Waals surface area contributed by atoms with Gasteiger partial charge in [-0.25, -0.2) is 0 Å². The normalized spacial score (nSPS) is 12.2. The summed E-state index contributed by atoms with van der Waals surface area (Å²) in [6, 6.07) is 0. The third-order valence-electron chi connectivity index (χ3n) is 1.14. The number of rotatable bonds is 4. The largest absolute Gasteiger partial charge is 0.456 e. The van der Waals surface area contributed by atoms with E-state index in [1.807, 2.05) is 0 Å². The Morgan fingerprint density at radius 3 is 2.55 bits per heavy atom. The fourth-order valence-electron chi connectivity index (χ4n) is 0.651. The van der Waals surface area contributed by atoms with Crippen LogP contribution in [0.1, 0.15) is 20.3 Å². The molecular weight excluding hydrogens is 150 g/mol. The zero-order valence-corrected chi connectivity index (χ0v) is 6.57. The Morgan fingerprint density at radius 2 is 2.27 bits per heavy atom. The number of ether oxygens (including phenoxy) is 1. The lowest BCUT2D eigenvalue weighted by Gasteiger charge is -2.09. The van der Waals surface area contributed by atoms with Crippen LogP contribution >= 0.6 is 0 Å². The monoisotopic (exact) mass is 161 g/mol. The zero-order valence-electron chi connectivity index (χ0n) is 6.57. The fourth-order valence-corrected chi connectivity index (χ4v) is 0.651. The Labute approximate surface area is 64.5 Å². The molecule has 5 nitrogen and oxygen atoms in total. The molecule has 0 aliphatic carbocycles. The summed E-state index contributed by atoms with van der Waals surface area (Å²) >= 11 is 0. The molecule has 0 saturated carbocycles. The molecule has 0 radical (unpaired) electrons. The Kier molecular flexibility index (Phi) is 4.17. The van der Waals surface area contributed by atoms with Crippen LogP contribution in [0.25, 0.3) is 0 Å². The fraction of sp³-hybridized carbons (Fsp3) is 0.833. The minimum absolute atomic E-state index is 0.309. The Hall–Kier alpha value is -1.13. The minimum Gasteiger partial charge on any atom is -0.456 e. The Bertz CT molecular complexity index is 141. The molecule has 64 valence electrons. The van der Waals surface area contributed by atoms with Crippen molar-refractivity contribution >= 4 is 5.97 Å². The average molecular weight is 161 g/mol. The molecule has 0 amide bonds.